The highest BCUT2D eigenvalue weighted by molar-refractivity contribution is 7.88. The molecule has 0 radical (unpaired) electrons. The van der Waals surface area contributed by atoms with E-state index in [0.29, 0.717) is 12.6 Å². The van der Waals surface area contributed by atoms with Gasteiger partial charge in [0.15, 0.2) is 0 Å². The van der Waals surface area contributed by atoms with Crippen LogP contribution < -0.4 is 10.0 Å². The predicted molar refractivity (Wildman–Crippen MR) is 54.7 cm³/mol. The van der Waals surface area contributed by atoms with Gasteiger partial charge in [0.2, 0.25) is 10.0 Å². The molecule has 1 saturated heterocycles. The van der Waals surface area contributed by atoms with Crippen LogP contribution in [0.25, 0.3) is 0 Å². The Morgan fingerprint density at radius 3 is 2.93 bits per heavy atom. The first-order valence-electron chi connectivity index (χ1n) is 4.84. The molecule has 1 heterocycles. The molecule has 0 spiro atoms. The molecule has 5 nitrogen and oxygen atoms in total. The Morgan fingerprint density at radius 1 is 1.57 bits per heavy atom. The average molecular weight is 222 g/mol. The molecular formula is C8H18N2O3S. The molecule has 14 heavy (non-hydrogen) atoms. The molecule has 1 unspecified atom stereocenters. The lowest BCUT2D eigenvalue weighted by Gasteiger charge is -2.23. The predicted octanol–water partition coefficient (Wildman–Crippen LogP) is -0.696. The highest BCUT2D eigenvalue weighted by Crippen LogP contribution is 2.00. The molecule has 1 aliphatic rings. The maximum absolute atomic E-state index is 10.7. The molecule has 1 atom stereocenters. The fraction of sp³-hybridized carbons (Fsp3) is 1.00. The molecule has 0 aromatic rings. The number of morpholine rings is 1. The van der Waals surface area contributed by atoms with Crippen LogP contribution in [0.4, 0.5) is 0 Å². The zero-order valence-corrected chi connectivity index (χ0v) is 9.27. The second-order valence-electron chi connectivity index (χ2n) is 3.53. The summed E-state index contributed by atoms with van der Waals surface area (Å²) in [5, 5.41) is 3.31. The summed E-state index contributed by atoms with van der Waals surface area (Å²) in [6.07, 6.45) is 2.96. The fourth-order valence-electron chi connectivity index (χ4n) is 1.41. The van der Waals surface area contributed by atoms with E-state index in [4.69, 9.17) is 4.74 Å². The monoisotopic (exact) mass is 222 g/mol. The van der Waals surface area contributed by atoms with E-state index in [0.717, 1.165) is 32.6 Å². The van der Waals surface area contributed by atoms with Gasteiger partial charge in [0.25, 0.3) is 0 Å². The van der Waals surface area contributed by atoms with E-state index in [1.807, 2.05) is 0 Å². The Hall–Kier alpha value is -0.170. The topological polar surface area (TPSA) is 67.4 Å². The average Bonchev–Trinajstić information content (AvgIpc) is 2.13. The van der Waals surface area contributed by atoms with Gasteiger partial charge in [0.1, 0.15) is 0 Å². The van der Waals surface area contributed by atoms with Crippen LogP contribution >= 0.6 is 0 Å². The quantitative estimate of drug-likeness (QED) is 0.604. The van der Waals surface area contributed by atoms with E-state index in [-0.39, 0.29) is 0 Å². The van der Waals surface area contributed by atoms with Gasteiger partial charge in [-0.15, -0.1) is 0 Å². The Kier molecular flexibility index (Phi) is 4.80. The molecule has 0 aromatic heterocycles. The third kappa shape index (κ3) is 5.54. The van der Waals surface area contributed by atoms with E-state index < -0.39 is 10.0 Å². The summed E-state index contributed by atoms with van der Waals surface area (Å²) in [6, 6.07) is 0.380. The standard InChI is InChI=1S/C8H18N2O3S/c1-14(11,12)10-4-2-3-8-7-13-6-5-9-8/h8-10H,2-7H2,1H3. The van der Waals surface area contributed by atoms with Gasteiger partial charge in [-0.05, 0) is 12.8 Å². The Labute approximate surface area is 85.3 Å². The summed E-state index contributed by atoms with van der Waals surface area (Å²) in [5.74, 6) is 0. The smallest absolute Gasteiger partial charge is 0.208 e. The first kappa shape index (κ1) is 11.9. The van der Waals surface area contributed by atoms with Gasteiger partial charge in [-0.25, -0.2) is 13.1 Å². The lowest BCUT2D eigenvalue weighted by Crippen LogP contribution is -2.41. The van der Waals surface area contributed by atoms with Crippen molar-refractivity contribution >= 4 is 10.0 Å². The fourth-order valence-corrected chi connectivity index (χ4v) is 1.93. The molecule has 0 bridgehead atoms. The molecule has 1 aliphatic heterocycles. The van der Waals surface area contributed by atoms with Crippen molar-refractivity contribution in [3.05, 3.63) is 0 Å². The lowest BCUT2D eigenvalue weighted by molar-refractivity contribution is 0.0737. The van der Waals surface area contributed by atoms with Crippen LogP contribution in [0, 0.1) is 0 Å². The maximum Gasteiger partial charge on any atom is 0.208 e. The first-order chi connectivity index (χ1) is 6.58. The Balaban J connectivity index is 2.03. The van der Waals surface area contributed by atoms with Crippen molar-refractivity contribution in [3.63, 3.8) is 0 Å². The second-order valence-corrected chi connectivity index (χ2v) is 5.37. The van der Waals surface area contributed by atoms with Crippen molar-refractivity contribution in [3.8, 4) is 0 Å². The van der Waals surface area contributed by atoms with E-state index in [1.165, 1.54) is 6.26 Å². The number of nitrogens with one attached hydrogen (secondary N) is 2. The molecule has 0 saturated carbocycles. The SMILES string of the molecule is CS(=O)(=O)NCCCC1COCCN1. The van der Waals surface area contributed by atoms with Gasteiger partial charge in [0.05, 0.1) is 19.5 Å². The Morgan fingerprint density at radius 2 is 2.36 bits per heavy atom. The number of rotatable bonds is 5. The summed E-state index contributed by atoms with van der Waals surface area (Å²) in [6.45, 7) is 2.91. The zero-order valence-electron chi connectivity index (χ0n) is 8.45. The van der Waals surface area contributed by atoms with Crippen molar-refractivity contribution < 1.29 is 13.2 Å². The molecule has 0 amide bonds. The lowest BCUT2D eigenvalue weighted by atomic mass is 10.1. The van der Waals surface area contributed by atoms with Crippen LogP contribution in [-0.4, -0.2) is 47.0 Å². The minimum absolute atomic E-state index is 0.380. The van der Waals surface area contributed by atoms with E-state index in [1.54, 1.807) is 0 Å². The van der Waals surface area contributed by atoms with Crippen molar-refractivity contribution in [2.45, 2.75) is 18.9 Å². The number of hydrogen-bond donors (Lipinski definition) is 2. The molecule has 1 fully saturated rings. The Bertz CT molecular complexity index is 247. The van der Waals surface area contributed by atoms with Gasteiger partial charge >= 0.3 is 0 Å². The van der Waals surface area contributed by atoms with Crippen LogP contribution in [0.1, 0.15) is 12.8 Å². The van der Waals surface area contributed by atoms with Gasteiger partial charge in [-0.2, -0.15) is 0 Å². The molecule has 2 N–H and O–H groups in total. The largest absolute Gasteiger partial charge is 0.379 e. The van der Waals surface area contributed by atoms with Crippen molar-refractivity contribution in [1.82, 2.24) is 10.0 Å². The van der Waals surface area contributed by atoms with Crippen molar-refractivity contribution in [2.24, 2.45) is 0 Å². The zero-order chi connectivity index (χ0) is 10.4. The normalized spacial score (nSPS) is 23.6. The van der Waals surface area contributed by atoms with Crippen molar-refractivity contribution in [1.29, 1.82) is 0 Å². The van der Waals surface area contributed by atoms with Crippen LogP contribution in [0.15, 0.2) is 0 Å². The van der Waals surface area contributed by atoms with Crippen molar-refractivity contribution in [2.75, 3.05) is 32.6 Å². The third-order valence-corrected chi connectivity index (χ3v) is 2.82. The molecule has 0 aliphatic carbocycles. The maximum atomic E-state index is 10.7. The van der Waals surface area contributed by atoms with Gasteiger partial charge < -0.3 is 10.1 Å². The van der Waals surface area contributed by atoms with Crippen LogP contribution in [0.2, 0.25) is 0 Å². The molecule has 1 rings (SSSR count). The summed E-state index contributed by atoms with van der Waals surface area (Å²) >= 11 is 0. The van der Waals surface area contributed by atoms with Crippen LogP contribution in [-0.2, 0) is 14.8 Å². The van der Waals surface area contributed by atoms with E-state index in [2.05, 4.69) is 10.0 Å². The van der Waals surface area contributed by atoms with Crippen LogP contribution in [0.3, 0.4) is 0 Å². The molecule has 6 heteroatoms. The van der Waals surface area contributed by atoms with E-state index >= 15 is 0 Å². The van der Waals surface area contributed by atoms with Crippen LogP contribution in [0.5, 0.6) is 0 Å². The van der Waals surface area contributed by atoms with Gasteiger partial charge in [-0.3, -0.25) is 0 Å². The minimum atomic E-state index is -3.03. The first-order valence-corrected chi connectivity index (χ1v) is 6.73. The second kappa shape index (κ2) is 5.65. The van der Waals surface area contributed by atoms with Gasteiger partial charge in [0, 0.05) is 19.1 Å². The minimum Gasteiger partial charge on any atom is -0.379 e. The highest BCUT2D eigenvalue weighted by atomic mass is 32.2. The molecule has 84 valence electrons. The number of sulfonamides is 1. The summed E-state index contributed by atoms with van der Waals surface area (Å²) in [7, 11) is -3.03. The third-order valence-electron chi connectivity index (χ3n) is 2.09. The summed E-state index contributed by atoms with van der Waals surface area (Å²) < 4.78 is 29.2. The number of ether oxygens (including phenoxy) is 1. The van der Waals surface area contributed by atoms with E-state index in [9.17, 15) is 8.42 Å². The number of hydrogen-bond acceptors (Lipinski definition) is 4. The van der Waals surface area contributed by atoms with Gasteiger partial charge in [-0.1, -0.05) is 0 Å². The molecular weight excluding hydrogens is 204 g/mol. The summed E-state index contributed by atoms with van der Waals surface area (Å²) in [4.78, 5) is 0. The molecule has 0 aromatic carbocycles. The highest BCUT2D eigenvalue weighted by Gasteiger charge is 2.12. The summed E-state index contributed by atoms with van der Waals surface area (Å²) in [5.41, 5.74) is 0.